The van der Waals surface area contributed by atoms with Gasteiger partial charge in [0.15, 0.2) is 5.82 Å². The molecule has 4 N–H and O–H groups in total. The van der Waals surface area contributed by atoms with Crippen LogP contribution in [0.5, 0.6) is 0 Å². The number of unbranched alkanes of at least 4 members (excludes halogenated alkanes) is 1. The van der Waals surface area contributed by atoms with E-state index in [4.69, 9.17) is 5.84 Å². The lowest BCUT2D eigenvalue weighted by molar-refractivity contribution is 0.578. The van der Waals surface area contributed by atoms with E-state index in [9.17, 15) is 8.42 Å². The number of nitrogens with zero attached hydrogens (tertiary/aromatic N) is 1. The molecule has 0 atom stereocenters. The number of nitrogens with two attached hydrogens (primary N) is 1. The minimum Gasteiger partial charge on any atom is -0.307 e. The van der Waals surface area contributed by atoms with E-state index in [1.165, 1.54) is 12.3 Å². The highest BCUT2D eigenvalue weighted by molar-refractivity contribution is 9.10. The molecule has 19 heavy (non-hydrogen) atoms. The molecule has 9 heteroatoms. The van der Waals surface area contributed by atoms with E-state index in [1.54, 1.807) is 11.8 Å². The predicted molar refractivity (Wildman–Crippen MR) is 82.6 cm³/mol. The smallest absolute Gasteiger partial charge is 0.244 e. The molecule has 0 saturated heterocycles. The highest BCUT2D eigenvalue weighted by Gasteiger charge is 2.19. The van der Waals surface area contributed by atoms with Gasteiger partial charge in [0, 0.05) is 17.2 Å². The molecule has 0 aliphatic carbocycles. The third kappa shape index (κ3) is 5.27. The Morgan fingerprint density at radius 1 is 1.47 bits per heavy atom. The van der Waals surface area contributed by atoms with Gasteiger partial charge in [-0.2, -0.15) is 11.8 Å². The largest absolute Gasteiger partial charge is 0.307 e. The Kier molecular flexibility index (Phi) is 7.08. The molecule has 1 heterocycles. The van der Waals surface area contributed by atoms with Crippen LogP contribution >= 0.6 is 27.7 Å². The van der Waals surface area contributed by atoms with E-state index in [2.05, 4.69) is 31.1 Å². The molecule has 1 aromatic heterocycles. The molecule has 0 amide bonds. The SMILES string of the molecule is CSCCCCNS(=O)(=O)c1cc(Br)cnc1NN. The predicted octanol–water partition coefficient (Wildman–Crippen LogP) is 1.55. The zero-order valence-electron chi connectivity index (χ0n) is 10.5. The summed E-state index contributed by atoms with van der Waals surface area (Å²) in [5, 5.41) is 0. The molecule has 0 saturated carbocycles. The maximum atomic E-state index is 12.1. The minimum atomic E-state index is -3.60. The van der Waals surface area contributed by atoms with Crippen molar-refractivity contribution in [2.45, 2.75) is 17.7 Å². The molecule has 0 radical (unpaired) electrons. The summed E-state index contributed by atoms with van der Waals surface area (Å²) in [6.07, 6.45) is 5.28. The monoisotopic (exact) mass is 368 g/mol. The number of hydrogen-bond donors (Lipinski definition) is 3. The molecular weight excluding hydrogens is 352 g/mol. The van der Waals surface area contributed by atoms with Gasteiger partial charge in [0.25, 0.3) is 0 Å². The fraction of sp³-hybridized carbons (Fsp3) is 0.500. The highest BCUT2D eigenvalue weighted by atomic mass is 79.9. The maximum absolute atomic E-state index is 12.1. The number of hydrogen-bond acceptors (Lipinski definition) is 6. The second-order valence-corrected chi connectivity index (χ2v) is 7.38. The number of halogens is 1. The van der Waals surface area contributed by atoms with Crippen LogP contribution in [0.25, 0.3) is 0 Å². The van der Waals surface area contributed by atoms with Crippen molar-refractivity contribution in [2.24, 2.45) is 5.84 Å². The topological polar surface area (TPSA) is 97.1 Å². The molecule has 0 bridgehead atoms. The number of thioether (sulfide) groups is 1. The number of aromatic nitrogens is 1. The number of hydrazine groups is 1. The molecule has 0 aliphatic heterocycles. The van der Waals surface area contributed by atoms with Crippen molar-refractivity contribution in [1.29, 1.82) is 0 Å². The van der Waals surface area contributed by atoms with Gasteiger partial charge in [-0.3, -0.25) is 0 Å². The Hall–Kier alpha value is -0.350. The zero-order chi connectivity index (χ0) is 14.3. The first kappa shape index (κ1) is 16.7. The van der Waals surface area contributed by atoms with E-state index in [0.29, 0.717) is 11.0 Å². The molecule has 1 aromatic rings. The van der Waals surface area contributed by atoms with E-state index < -0.39 is 10.0 Å². The van der Waals surface area contributed by atoms with Crippen LogP contribution in [0.1, 0.15) is 12.8 Å². The summed E-state index contributed by atoms with van der Waals surface area (Å²) in [4.78, 5) is 3.95. The standard InChI is InChI=1S/C10H17BrN4O2S2/c1-18-5-3-2-4-14-19(16,17)9-6-8(11)7-13-10(9)15-12/h6-7,14H,2-5,12H2,1H3,(H,13,15). The quantitative estimate of drug-likeness (QED) is 0.366. The van der Waals surface area contributed by atoms with Gasteiger partial charge in [-0.1, -0.05) is 0 Å². The van der Waals surface area contributed by atoms with E-state index in [-0.39, 0.29) is 10.7 Å². The first-order chi connectivity index (χ1) is 9.01. The summed E-state index contributed by atoms with van der Waals surface area (Å²) in [5.41, 5.74) is 2.29. The summed E-state index contributed by atoms with van der Waals surface area (Å²) in [6, 6.07) is 1.46. The molecule has 1 rings (SSSR count). The van der Waals surface area contributed by atoms with Gasteiger partial charge in [0.1, 0.15) is 4.90 Å². The Morgan fingerprint density at radius 3 is 2.84 bits per heavy atom. The lowest BCUT2D eigenvalue weighted by Crippen LogP contribution is -2.27. The summed E-state index contributed by atoms with van der Waals surface area (Å²) < 4.78 is 27.4. The van der Waals surface area contributed by atoms with Gasteiger partial charge in [0.2, 0.25) is 10.0 Å². The molecule has 6 nitrogen and oxygen atoms in total. The highest BCUT2D eigenvalue weighted by Crippen LogP contribution is 2.21. The van der Waals surface area contributed by atoms with Gasteiger partial charge in [0.05, 0.1) is 0 Å². The van der Waals surface area contributed by atoms with Crippen LogP contribution < -0.4 is 16.0 Å². The van der Waals surface area contributed by atoms with Crippen molar-refractivity contribution in [1.82, 2.24) is 9.71 Å². The van der Waals surface area contributed by atoms with Gasteiger partial charge in [-0.15, -0.1) is 0 Å². The summed E-state index contributed by atoms with van der Waals surface area (Å²) in [7, 11) is -3.60. The van der Waals surface area contributed by atoms with Gasteiger partial charge < -0.3 is 5.43 Å². The lowest BCUT2D eigenvalue weighted by Gasteiger charge is -2.10. The van der Waals surface area contributed by atoms with Crippen molar-refractivity contribution in [2.75, 3.05) is 24.0 Å². The molecule has 0 fully saturated rings. The van der Waals surface area contributed by atoms with Crippen LogP contribution in [0.2, 0.25) is 0 Å². The third-order valence-electron chi connectivity index (χ3n) is 2.31. The lowest BCUT2D eigenvalue weighted by atomic mass is 10.3. The van der Waals surface area contributed by atoms with Crippen LogP contribution in [0.3, 0.4) is 0 Å². The molecular formula is C10H17BrN4O2S2. The first-order valence-corrected chi connectivity index (χ1v) is 9.29. The Labute approximate surface area is 126 Å². The molecule has 0 aliphatic rings. The third-order valence-corrected chi connectivity index (χ3v) is 4.92. The summed E-state index contributed by atoms with van der Waals surface area (Å²) in [6.45, 7) is 0.402. The Bertz CT molecular complexity index is 510. The number of anilines is 1. The zero-order valence-corrected chi connectivity index (χ0v) is 13.7. The van der Waals surface area contributed by atoms with Crippen LogP contribution in [-0.4, -0.2) is 32.0 Å². The van der Waals surface area contributed by atoms with Crippen molar-refractivity contribution in [3.8, 4) is 0 Å². The minimum absolute atomic E-state index is 0.0363. The molecule has 0 aromatic carbocycles. The van der Waals surface area contributed by atoms with Crippen molar-refractivity contribution < 1.29 is 8.42 Å². The average Bonchev–Trinajstić information content (AvgIpc) is 2.38. The number of nitrogens with one attached hydrogen (secondary N) is 2. The summed E-state index contributed by atoms with van der Waals surface area (Å²) in [5.74, 6) is 6.42. The first-order valence-electron chi connectivity index (χ1n) is 5.62. The molecule has 0 unspecified atom stereocenters. The number of rotatable bonds is 8. The fourth-order valence-corrected chi connectivity index (χ4v) is 3.58. The van der Waals surface area contributed by atoms with Crippen molar-refractivity contribution >= 4 is 43.5 Å². The summed E-state index contributed by atoms with van der Waals surface area (Å²) >= 11 is 4.94. The molecule has 108 valence electrons. The van der Waals surface area contributed by atoms with Gasteiger partial charge in [-0.25, -0.2) is 24.0 Å². The van der Waals surface area contributed by atoms with Crippen LogP contribution in [0.4, 0.5) is 5.82 Å². The normalized spacial score (nSPS) is 11.5. The van der Waals surface area contributed by atoms with E-state index >= 15 is 0 Å². The van der Waals surface area contributed by atoms with Crippen LogP contribution in [0, 0.1) is 0 Å². The van der Waals surface area contributed by atoms with Crippen LogP contribution in [-0.2, 0) is 10.0 Å². The Morgan fingerprint density at radius 2 is 2.21 bits per heavy atom. The fourth-order valence-electron chi connectivity index (χ4n) is 1.39. The van der Waals surface area contributed by atoms with Gasteiger partial charge >= 0.3 is 0 Å². The number of nitrogen functional groups attached to an aromatic ring is 1. The van der Waals surface area contributed by atoms with E-state index in [1.807, 2.05) is 6.26 Å². The number of pyridine rings is 1. The average molecular weight is 369 g/mol. The van der Waals surface area contributed by atoms with Gasteiger partial charge in [-0.05, 0) is 46.8 Å². The van der Waals surface area contributed by atoms with Crippen molar-refractivity contribution in [3.05, 3.63) is 16.7 Å². The second-order valence-electron chi connectivity index (χ2n) is 3.74. The number of sulfonamides is 1. The Balaban J connectivity index is 2.74. The second kappa shape index (κ2) is 8.05. The van der Waals surface area contributed by atoms with Crippen LogP contribution in [0.15, 0.2) is 21.6 Å². The molecule has 0 spiro atoms. The van der Waals surface area contributed by atoms with E-state index in [0.717, 1.165) is 18.6 Å². The van der Waals surface area contributed by atoms with Crippen molar-refractivity contribution in [3.63, 3.8) is 0 Å². The maximum Gasteiger partial charge on any atom is 0.244 e.